The molecule has 4 bridgehead atoms. The zero-order chi connectivity index (χ0) is 17.0. The van der Waals surface area contributed by atoms with Gasteiger partial charge in [0.05, 0.1) is 5.69 Å². The van der Waals surface area contributed by atoms with E-state index in [9.17, 15) is 4.79 Å². The van der Waals surface area contributed by atoms with E-state index in [-0.39, 0.29) is 11.4 Å². The molecule has 1 aromatic heterocycles. The minimum Gasteiger partial charge on any atom is -0.345 e. The maximum atomic E-state index is 12.9. The van der Waals surface area contributed by atoms with Crippen LogP contribution in [0.15, 0.2) is 36.4 Å². The smallest absolute Gasteiger partial charge is 0.272 e. The van der Waals surface area contributed by atoms with E-state index < -0.39 is 0 Å². The minimum absolute atomic E-state index is 0.000249. The van der Waals surface area contributed by atoms with Gasteiger partial charge in [-0.1, -0.05) is 18.2 Å². The topological polar surface area (TPSA) is 46.9 Å². The largest absolute Gasteiger partial charge is 0.345 e. The molecule has 4 aliphatic rings. The van der Waals surface area contributed by atoms with Crippen LogP contribution in [0.25, 0.3) is 5.69 Å². The lowest BCUT2D eigenvalue weighted by Crippen LogP contribution is -2.59. The molecule has 25 heavy (non-hydrogen) atoms. The van der Waals surface area contributed by atoms with Gasteiger partial charge < -0.3 is 5.32 Å². The molecule has 0 saturated heterocycles. The molecule has 4 aliphatic carbocycles. The summed E-state index contributed by atoms with van der Waals surface area (Å²) in [6.07, 6.45) is 7.67. The van der Waals surface area contributed by atoms with Crippen molar-refractivity contribution in [3.8, 4) is 5.69 Å². The van der Waals surface area contributed by atoms with Gasteiger partial charge in [0.1, 0.15) is 0 Å². The molecule has 1 heterocycles. The molecular formula is C21H25N3O. The van der Waals surface area contributed by atoms with Crippen LogP contribution in [-0.2, 0) is 0 Å². The SMILES string of the molecule is Cc1cc(C(=O)NC23CC4CC(CC(C4)C2)C3)nn1-c1ccccc1. The first-order chi connectivity index (χ1) is 12.1. The summed E-state index contributed by atoms with van der Waals surface area (Å²) >= 11 is 0. The lowest BCUT2D eigenvalue weighted by Gasteiger charge is -2.56. The van der Waals surface area contributed by atoms with E-state index in [1.54, 1.807) is 0 Å². The van der Waals surface area contributed by atoms with Crippen molar-refractivity contribution in [2.45, 2.75) is 51.0 Å². The third-order valence-electron chi connectivity index (χ3n) is 6.54. The fraction of sp³-hybridized carbons (Fsp3) is 0.524. The molecule has 0 radical (unpaired) electrons. The molecule has 1 amide bonds. The standard InChI is InChI=1S/C21H25N3O/c1-14-7-19(23-24(14)18-5-3-2-4-6-18)20(25)22-21-11-15-8-16(12-21)10-17(9-15)13-21/h2-7,15-17H,8-13H2,1H3,(H,22,25). The number of rotatable bonds is 3. The first-order valence-corrected chi connectivity index (χ1v) is 9.55. The van der Waals surface area contributed by atoms with Crippen LogP contribution in [0.5, 0.6) is 0 Å². The highest BCUT2D eigenvalue weighted by molar-refractivity contribution is 5.93. The third-order valence-corrected chi connectivity index (χ3v) is 6.54. The average molecular weight is 335 g/mol. The fourth-order valence-electron chi connectivity index (χ4n) is 5.98. The Bertz CT molecular complexity index is 773. The van der Waals surface area contributed by atoms with E-state index in [2.05, 4.69) is 10.4 Å². The van der Waals surface area contributed by atoms with Crippen molar-refractivity contribution < 1.29 is 4.79 Å². The lowest BCUT2D eigenvalue weighted by molar-refractivity contribution is -0.0167. The minimum atomic E-state index is -0.000249. The summed E-state index contributed by atoms with van der Waals surface area (Å²) in [5.74, 6) is 2.49. The Morgan fingerprint density at radius 1 is 1.08 bits per heavy atom. The van der Waals surface area contributed by atoms with Gasteiger partial charge in [-0.3, -0.25) is 4.79 Å². The second-order valence-electron chi connectivity index (χ2n) is 8.57. The van der Waals surface area contributed by atoms with Crippen LogP contribution in [0.1, 0.15) is 54.7 Å². The van der Waals surface area contributed by atoms with Gasteiger partial charge in [-0.25, -0.2) is 4.68 Å². The van der Waals surface area contributed by atoms with Crippen molar-refractivity contribution in [1.82, 2.24) is 15.1 Å². The molecule has 4 nitrogen and oxygen atoms in total. The van der Waals surface area contributed by atoms with Gasteiger partial charge >= 0.3 is 0 Å². The van der Waals surface area contributed by atoms with Gasteiger partial charge in [0.15, 0.2) is 5.69 Å². The Morgan fingerprint density at radius 2 is 1.68 bits per heavy atom. The average Bonchev–Trinajstić information content (AvgIpc) is 2.96. The van der Waals surface area contributed by atoms with Crippen molar-refractivity contribution in [1.29, 1.82) is 0 Å². The van der Waals surface area contributed by atoms with Crippen molar-refractivity contribution in [2.75, 3.05) is 0 Å². The van der Waals surface area contributed by atoms with Gasteiger partial charge in [-0.2, -0.15) is 5.10 Å². The first kappa shape index (κ1) is 15.2. The molecule has 0 aliphatic heterocycles. The van der Waals surface area contributed by atoms with Crippen LogP contribution in [0, 0.1) is 24.7 Å². The highest BCUT2D eigenvalue weighted by atomic mass is 16.2. The number of nitrogens with zero attached hydrogens (tertiary/aromatic N) is 2. The Hall–Kier alpha value is -2.10. The summed E-state index contributed by atoms with van der Waals surface area (Å²) in [5.41, 5.74) is 2.56. The second kappa shape index (κ2) is 5.45. The number of carbonyl (C=O) groups is 1. The van der Waals surface area contributed by atoms with Crippen molar-refractivity contribution in [3.05, 3.63) is 47.8 Å². The van der Waals surface area contributed by atoms with Crippen LogP contribution in [0.2, 0.25) is 0 Å². The number of nitrogens with one attached hydrogen (secondary N) is 1. The van der Waals surface area contributed by atoms with Crippen LogP contribution in [0.4, 0.5) is 0 Å². The van der Waals surface area contributed by atoms with Gasteiger partial charge in [0, 0.05) is 11.2 Å². The Labute approximate surface area is 148 Å². The predicted octanol–water partition coefficient (Wildman–Crippen LogP) is 3.88. The van der Waals surface area contributed by atoms with Crippen molar-refractivity contribution in [2.24, 2.45) is 17.8 Å². The van der Waals surface area contributed by atoms with E-state index in [1.807, 2.05) is 48.0 Å². The van der Waals surface area contributed by atoms with Crippen LogP contribution >= 0.6 is 0 Å². The van der Waals surface area contributed by atoms with Gasteiger partial charge in [0.25, 0.3) is 5.91 Å². The summed E-state index contributed by atoms with van der Waals surface area (Å²) in [4.78, 5) is 12.9. The zero-order valence-corrected chi connectivity index (χ0v) is 14.7. The van der Waals surface area contributed by atoms with E-state index in [0.29, 0.717) is 5.69 Å². The Balaban J connectivity index is 1.39. The molecule has 6 rings (SSSR count). The molecule has 0 atom stereocenters. The number of carbonyl (C=O) groups excluding carboxylic acids is 1. The molecule has 130 valence electrons. The second-order valence-corrected chi connectivity index (χ2v) is 8.57. The Kier molecular flexibility index (Phi) is 3.31. The molecule has 0 unspecified atom stereocenters. The number of amides is 1. The molecule has 2 aromatic rings. The number of aryl methyl sites for hydroxylation is 1. The highest BCUT2D eigenvalue weighted by Gasteiger charge is 2.51. The molecule has 1 N–H and O–H groups in total. The van der Waals surface area contributed by atoms with Gasteiger partial charge in [-0.15, -0.1) is 0 Å². The van der Waals surface area contributed by atoms with Crippen molar-refractivity contribution in [3.63, 3.8) is 0 Å². The number of para-hydroxylation sites is 1. The van der Waals surface area contributed by atoms with Crippen LogP contribution in [0.3, 0.4) is 0 Å². The highest BCUT2D eigenvalue weighted by Crippen LogP contribution is 2.55. The normalized spacial score (nSPS) is 32.8. The number of benzene rings is 1. The molecule has 4 saturated carbocycles. The molecule has 4 fully saturated rings. The Morgan fingerprint density at radius 3 is 2.28 bits per heavy atom. The monoisotopic (exact) mass is 335 g/mol. The maximum absolute atomic E-state index is 12.9. The maximum Gasteiger partial charge on any atom is 0.272 e. The third kappa shape index (κ3) is 2.59. The van der Waals surface area contributed by atoms with Crippen molar-refractivity contribution >= 4 is 5.91 Å². The quantitative estimate of drug-likeness (QED) is 0.925. The lowest BCUT2D eigenvalue weighted by atomic mass is 9.53. The van der Waals surface area contributed by atoms with E-state index in [0.717, 1.165) is 29.1 Å². The molecule has 1 aromatic carbocycles. The predicted molar refractivity (Wildman–Crippen MR) is 96.7 cm³/mol. The van der Waals surface area contributed by atoms with Gasteiger partial charge in [0.2, 0.25) is 0 Å². The summed E-state index contributed by atoms with van der Waals surface area (Å²) in [5, 5.41) is 8.00. The van der Waals surface area contributed by atoms with Gasteiger partial charge in [-0.05, 0) is 81.4 Å². The molecule has 4 heteroatoms. The summed E-state index contributed by atoms with van der Waals surface area (Å²) < 4.78 is 1.86. The first-order valence-electron chi connectivity index (χ1n) is 9.55. The van der Waals surface area contributed by atoms with E-state index in [4.69, 9.17) is 0 Å². The molecule has 0 spiro atoms. The fourth-order valence-corrected chi connectivity index (χ4v) is 5.98. The van der Waals surface area contributed by atoms with E-state index >= 15 is 0 Å². The van der Waals surface area contributed by atoms with E-state index in [1.165, 1.54) is 38.5 Å². The summed E-state index contributed by atoms with van der Waals surface area (Å²) in [6.45, 7) is 2.00. The molecular weight excluding hydrogens is 310 g/mol. The zero-order valence-electron chi connectivity index (χ0n) is 14.7. The van der Waals surface area contributed by atoms with Crippen LogP contribution in [-0.4, -0.2) is 21.2 Å². The summed E-state index contributed by atoms with van der Waals surface area (Å²) in [6, 6.07) is 11.9. The summed E-state index contributed by atoms with van der Waals surface area (Å²) in [7, 11) is 0. The van der Waals surface area contributed by atoms with Crippen LogP contribution < -0.4 is 5.32 Å². The number of hydrogen-bond acceptors (Lipinski definition) is 2. The number of aromatic nitrogens is 2. The number of hydrogen-bond donors (Lipinski definition) is 1.